The van der Waals surface area contributed by atoms with E-state index in [9.17, 15) is 14.4 Å². The van der Waals surface area contributed by atoms with Gasteiger partial charge in [0, 0.05) is 7.05 Å². The maximum Gasteiger partial charge on any atom is 0.330 e. The Kier molecular flexibility index (Phi) is 7.36. The Hall–Kier alpha value is -3.41. The maximum atomic E-state index is 13.6. The first-order valence-corrected chi connectivity index (χ1v) is 11.3. The summed E-state index contributed by atoms with van der Waals surface area (Å²) in [5.74, 6) is -0.0139. The van der Waals surface area contributed by atoms with Gasteiger partial charge in [0.2, 0.25) is 5.91 Å². The molecule has 3 amide bonds. The van der Waals surface area contributed by atoms with Gasteiger partial charge in [0.25, 0.3) is 0 Å². The van der Waals surface area contributed by atoms with Crippen molar-refractivity contribution >= 4 is 17.7 Å². The van der Waals surface area contributed by atoms with Crippen molar-refractivity contribution in [3.63, 3.8) is 0 Å². The smallest absolute Gasteiger partial charge is 0.330 e. The lowest BCUT2D eigenvalue weighted by Crippen LogP contribution is -2.73. The van der Waals surface area contributed by atoms with Crippen LogP contribution in [-0.4, -0.2) is 40.8 Å². The molecule has 6 nitrogen and oxygen atoms in total. The van der Waals surface area contributed by atoms with Gasteiger partial charge in [0.15, 0.2) is 12.0 Å². The quantitative estimate of drug-likeness (QED) is 0.284. The number of rotatable bonds is 9. The molecule has 1 fully saturated rings. The molecule has 1 saturated heterocycles. The Labute approximate surface area is 195 Å². The molecule has 0 N–H and O–H groups in total. The summed E-state index contributed by atoms with van der Waals surface area (Å²) in [6.07, 6.45) is 2.56. The topological polar surface area (TPSA) is 66.9 Å². The van der Waals surface area contributed by atoms with Gasteiger partial charge in [0.05, 0.1) is 11.6 Å². The summed E-state index contributed by atoms with van der Waals surface area (Å²) >= 11 is 0. The van der Waals surface area contributed by atoms with Crippen molar-refractivity contribution < 1.29 is 19.1 Å². The monoisotopic (exact) mass is 448 g/mol. The molecule has 0 unspecified atom stereocenters. The molecule has 1 aliphatic heterocycles. The van der Waals surface area contributed by atoms with Crippen LogP contribution in [0.25, 0.3) is 0 Å². The van der Waals surface area contributed by atoms with Gasteiger partial charge in [-0.15, -0.1) is 6.58 Å². The number of carbonyl (C=O) groups excluding carboxylic acids is 3. The molecule has 0 aromatic heterocycles. The Morgan fingerprint density at radius 3 is 2.30 bits per heavy atom. The van der Waals surface area contributed by atoms with Gasteiger partial charge in [-0.2, -0.15) is 0 Å². The fourth-order valence-corrected chi connectivity index (χ4v) is 4.52. The molecule has 0 spiro atoms. The Bertz CT molecular complexity index is 1030. The van der Waals surface area contributed by atoms with Crippen molar-refractivity contribution in [2.75, 3.05) is 7.05 Å². The number of ketones is 1. The zero-order chi connectivity index (χ0) is 24.2. The zero-order valence-electron chi connectivity index (χ0n) is 19.8. The molecule has 3 rings (SSSR count). The van der Waals surface area contributed by atoms with Crippen molar-refractivity contribution in [1.29, 1.82) is 0 Å². The predicted molar refractivity (Wildman–Crippen MR) is 128 cm³/mol. The fraction of sp³-hybridized carbons (Fsp3) is 0.370. The summed E-state index contributed by atoms with van der Waals surface area (Å²) < 4.78 is 6.26. The van der Waals surface area contributed by atoms with Gasteiger partial charge in [-0.3, -0.25) is 9.59 Å². The second-order valence-corrected chi connectivity index (χ2v) is 8.41. The number of Topliss-reactive ketones (excluding diaryl/α,β-unsaturated/α-hetero) is 1. The summed E-state index contributed by atoms with van der Waals surface area (Å²) in [6, 6.07) is 15.9. The zero-order valence-corrected chi connectivity index (χ0v) is 19.8. The highest BCUT2D eigenvalue weighted by molar-refractivity contribution is 6.03. The molecule has 0 aliphatic carbocycles. The van der Waals surface area contributed by atoms with Crippen LogP contribution in [0.15, 0.2) is 67.3 Å². The van der Waals surface area contributed by atoms with E-state index in [0.29, 0.717) is 30.6 Å². The molecule has 1 heterocycles. The van der Waals surface area contributed by atoms with Crippen LogP contribution in [0.1, 0.15) is 62.0 Å². The van der Waals surface area contributed by atoms with E-state index >= 15 is 0 Å². The average Bonchev–Trinajstić information content (AvgIpc) is 2.83. The maximum absolute atomic E-state index is 13.6. The Morgan fingerprint density at radius 2 is 1.73 bits per heavy atom. The van der Waals surface area contributed by atoms with Crippen molar-refractivity contribution in [3.8, 4) is 5.75 Å². The first-order chi connectivity index (χ1) is 15.8. The van der Waals surface area contributed by atoms with E-state index in [4.69, 9.17) is 4.74 Å². The Balaban J connectivity index is 1.96. The van der Waals surface area contributed by atoms with Crippen LogP contribution in [0.4, 0.5) is 4.79 Å². The minimum Gasteiger partial charge on any atom is -0.468 e. The molecule has 6 heteroatoms. The molecule has 2 atom stereocenters. The van der Waals surface area contributed by atoms with Crippen molar-refractivity contribution in [1.82, 2.24) is 9.80 Å². The number of hydrogen-bond donors (Lipinski definition) is 0. The number of carbonyl (C=O) groups is 3. The van der Waals surface area contributed by atoms with Crippen molar-refractivity contribution in [2.24, 2.45) is 5.41 Å². The highest BCUT2D eigenvalue weighted by Crippen LogP contribution is 2.47. The molecule has 0 saturated carbocycles. The van der Waals surface area contributed by atoms with Crippen molar-refractivity contribution in [2.45, 2.75) is 52.3 Å². The number of para-hydroxylation sites is 1. The number of amides is 3. The van der Waals surface area contributed by atoms with Crippen molar-refractivity contribution in [3.05, 3.63) is 78.4 Å². The number of β-lactam (4-membered cyclic amide) rings is 1. The average molecular weight is 449 g/mol. The van der Waals surface area contributed by atoms with E-state index in [1.54, 1.807) is 42.3 Å². The molecule has 174 valence electrons. The highest BCUT2D eigenvalue weighted by Gasteiger charge is 2.63. The number of benzene rings is 2. The van der Waals surface area contributed by atoms with Crippen LogP contribution >= 0.6 is 0 Å². The summed E-state index contributed by atoms with van der Waals surface area (Å²) in [5.41, 5.74) is 0.562. The van der Waals surface area contributed by atoms with E-state index in [1.165, 1.54) is 11.8 Å². The standard InChI is InChI=1S/C27H32N2O4/c1-6-14-22(20-15-10-9-11-16-20)28(5)26(32)29-24(31)27(7-2,8-3)25(29)33-23-18-13-12-17-21(23)19(4)30/h6,9-13,15-18,22,25H,1,7-8,14H2,2-5H3/t22-,25+/m1/s1. The van der Waals surface area contributed by atoms with E-state index in [0.717, 1.165) is 5.56 Å². The largest absolute Gasteiger partial charge is 0.468 e. The summed E-state index contributed by atoms with van der Waals surface area (Å²) in [5, 5.41) is 0. The summed E-state index contributed by atoms with van der Waals surface area (Å²) in [7, 11) is 1.69. The minimum atomic E-state index is -0.818. The summed E-state index contributed by atoms with van der Waals surface area (Å²) in [4.78, 5) is 41.8. The molecular formula is C27H32N2O4. The number of hydrogen-bond acceptors (Lipinski definition) is 4. The fourth-order valence-electron chi connectivity index (χ4n) is 4.52. The lowest BCUT2D eigenvalue weighted by Gasteiger charge is -2.54. The third-order valence-electron chi connectivity index (χ3n) is 6.67. The normalized spacial score (nSPS) is 17.6. The number of nitrogens with zero attached hydrogens (tertiary/aromatic N) is 2. The molecule has 0 radical (unpaired) electrons. The van der Waals surface area contributed by atoms with Gasteiger partial charge < -0.3 is 9.64 Å². The van der Waals surface area contributed by atoms with E-state index in [2.05, 4.69) is 6.58 Å². The molecule has 2 aromatic rings. The highest BCUT2D eigenvalue weighted by atomic mass is 16.5. The van der Waals surface area contributed by atoms with Gasteiger partial charge in [-0.1, -0.05) is 62.4 Å². The van der Waals surface area contributed by atoms with Crippen LogP contribution in [0.5, 0.6) is 5.75 Å². The van der Waals surface area contributed by atoms with Gasteiger partial charge in [-0.25, -0.2) is 9.69 Å². The predicted octanol–water partition coefficient (Wildman–Crippen LogP) is 5.61. The molecule has 33 heavy (non-hydrogen) atoms. The third-order valence-corrected chi connectivity index (χ3v) is 6.67. The van der Waals surface area contributed by atoms with Crippen LogP contribution in [-0.2, 0) is 4.79 Å². The van der Waals surface area contributed by atoms with E-state index in [-0.39, 0.29) is 17.7 Å². The number of likely N-dealkylation sites (tertiary alicyclic amines) is 1. The molecule has 2 aromatic carbocycles. The number of imide groups is 1. The lowest BCUT2D eigenvalue weighted by atomic mass is 9.72. The van der Waals surface area contributed by atoms with Crippen LogP contribution in [0.3, 0.4) is 0 Å². The second kappa shape index (κ2) is 10.0. The lowest BCUT2D eigenvalue weighted by molar-refractivity contribution is -0.192. The minimum absolute atomic E-state index is 0.139. The third kappa shape index (κ3) is 4.30. The Morgan fingerprint density at radius 1 is 1.12 bits per heavy atom. The molecule has 1 aliphatic rings. The first-order valence-electron chi connectivity index (χ1n) is 11.3. The van der Waals surface area contributed by atoms with Crippen LogP contribution < -0.4 is 4.74 Å². The molecular weight excluding hydrogens is 416 g/mol. The van der Waals surface area contributed by atoms with Gasteiger partial charge in [-0.05, 0) is 43.9 Å². The van der Waals surface area contributed by atoms with E-state index in [1.807, 2.05) is 44.2 Å². The summed E-state index contributed by atoms with van der Waals surface area (Å²) in [6.45, 7) is 9.15. The second-order valence-electron chi connectivity index (χ2n) is 8.41. The van der Waals surface area contributed by atoms with Gasteiger partial charge >= 0.3 is 6.03 Å². The number of urea groups is 1. The first kappa shape index (κ1) is 24.2. The van der Waals surface area contributed by atoms with E-state index < -0.39 is 17.7 Å². The SMILES string of the molecule is C=CC[C@H](c1ccccc1)N(C)C(=O)N1C(=O)C(CC)(CC)[C@@H]1Oc1ccccc1C(C)=O. The molecule has 0 bridgehead atoms. The van der Waals surface area contributed by atoms with Crippen LogP contribution in [0.2, 0.25) is 0 Å². The van der Waals surface area contributed by atoms with Gasteiger partial charge in [0.1, 0.15) is 11.2 Å². The number of ether oxygens (including phenoxy) is 1. The van der Waals surface area contributed by atoms with Crippen LogP contribution in [0, 0.1) is 5.41 Å².